The average Bonchev–Trinajstić information content (AvgIpc) is 3.35. The van der Waals surface area contributed by atoms with Crippen LogP contribution in [0.25, 0.3) is 23.3 Å². The lowest BCUT2D eigenvalue weighted by molar-refractivity contribution is 0.747. The molecule has 0 fully saturated rings. The van der Waals surface area contributed by atoms with E-state index in [4.69, 9.17) is 0 Å². The van der Waals surface area contributed by atoms with Crippen molar-refractivity contribution >= 4 is 5.69 Å². The van der Waals surface area contributed by atoms with E-state index in [-0.39, 0.29) is 0 Å². The molecule has 0 N–H and O–H groups in total. The van der Waals surface area contributed by atoms with Gasteiger partial charge in [0.2, 0.25) is 0 Å². The van der Waals surface area contributed by atoms with Gasteiger partial charge in [0.25, 0.3) is 11.9 Å². The third kappa shape index (κ3) is 2.97. The van der Waals surface area contributed by atoms with Crippen molar-refractivity contribution in [3.05, 3.63) is 61.2 Å². The lowest BCUT2D eigenvalue weighted by Gasteiger charge is -2.13. The van der Waals surface area contributed by atoms with Crippen molar-refractivity contribution in [2.24, 2.45) is 0 Å². The molecule has 0 aliphatic rings. The lowest BCUT2D eigenvalue weighted by atomic mass is 10.2. The molecule has 3 heterocycles. The third-order valence-electron chi connectivity index (χ3n) is 3.65. The van der Waals surface area contributed by atoms with E-state index in [2.05, 4.69) is 25.1 Å². The second-order valence-electron chi connectivity index (χ2n) is 5.61. The maximum atomic E-state index is 4.58. The Balaban J connectivity index is 1.88. The molecule has 0 bridgehead atoms. The first kappa shape index (κ1) is 15.0. The average molecular weight is 332 g/mol. The summed E-state index contributed by atoms with van der Waals surface area (Å²) in [4.78, 5) is 15.7. The summed E-state index contributed by atoms with van der Waals surface area (Å²) in [6.07, 6.45) is 6.96. The monoisotopic (exact) mass is 332 g/mol. The fourth-order valence-electron chi connectivity index (χ4n) is 2.39. The summed E-state index contributed by atoms with van der Waals surface area (Å²) in [6.45, 7) is 0. The second-order valence-corrected chi connectivity index (χ2v) is 5.61. The highest BCUT2D eigenvalue weighted by molar-refractivity contribution is 5.63. The van der Waals surface area contributed by atoms with E-state index in [0.717, 1.165) is 11.3 Å². The van der Waals surface area contributed by atoms with Crippen molar-refractivity contribution in [1.82, 2.24) is 34.5 Å². The van der Waals surface area contributed by atoms with Crippen LogP contribution in [-0.2, 0) is 0 Å². The van der Waals surface area contributed by atoms with Crippen LogP contribution in [0.1, 0.15) is 0 Å². The highest BCUT2D eigenvalue weighted by Crippen LogP contribution is 2.22. The molecule has 0 saturated carbocycles. The molecule has 0 spiro atoms. The van der Waals surface area contributed by atoms with Gasteiger partial charge in [-0.25, -0.2) is 9.36 Å². The van der Waals surface area contributed by atoms with Crippen molar-refractivity contribution in [3.63, 3.8) is 0 Å². The van der Waals surface area contributed by atoms with Crippen molar-refractivity contribution in [2.45, 2.75) is 0 Å². The van der Waals surface area contributed by atoms with Gasteiger partial charge in [0.05, 0.1) is 0 Å². The van der Waals surface area contributed by atoms with Crippen LogP contribution in [0.4, 0.5) is 5.69 Å². The standard InChI is InChI=1S/C17H16N8/c1-23(2)14-7-3-6-13(12-14)15-20-16(24-10-4-8-18-24)22-17(21-15)25-11-5-9-19-25/h3-12H,1-2H3. The van der Waals surface area contributed by atoms with Gasteiger partial charge in [-0.05, 0) is 24.3 Å². The molecule has 8 heteroatoms. The van der Waals surface area contributed by atoms with Crippen molar-refractivity contribution in [1.29, 1.82) is 0 Å². The number of hydrogen-bond acceptors (Lipinski definition) is 6. The number of aromatic nitrogens is 7. The number of rotatable bonds is 4. The fraction of sp³-hybridized carbons (Fsp3) is 0.118. The van der Waals surface area contributed by atoms with Gasteiger partial charge in [-0.1, -0.05) is 12.1 Å². The maximum absolute atomic E-state index is 4.58. The number of benzene rings is 1. The normalized spacial score (nSPS) is 10.8. The Morgan fingerprint density at radius 1 is 0.800 bits per heavy atom. The number of hydrogen-bond donors (Lipinski definition) is 0. The number of nitrogens with zero attached hydrogens (tertiary/aromatic N) is 8. The Morgan fingerprint density at radius 3 is 1.96 bits per heavy atom. The Kier molecular flexibility index (Phi) is 3.70. The zero-order valence-electron chi connectivity index (χ0n) is 13.9. The van der Waals surface area contributed by atoms with Gasteiger partial charge < -0.3 is 4.90 Å². The van der Waals surface area contributed by atoms with Crippen LogP contribution >= 0.6 is 0 Å². The Labute approximate surface area is 144 Å². The molecule has 0 aliphatic carbocycles. The largest absolute Gasteiger partial charge is 0.378 e. The predicted molar refractivity (Wildman–Crippen MR) is 93.8 cm³/mol. The molecular formula is C17H16N8. The molecule has 0 atom stereocenters. The van der Waals surface area contributed by atoms with Gasteiger partial charge in [0.15, 0.2) is 5.82 Å². The molecule has 4 rings (SSSR count). The second kappa shape index (κ2) is 6.16. The van der Waals surface area contributed by atoms with E-state index in [1.165, 1.54) is 0 Å². The third-order valence-corrected chi connectivity index (χ3v) is 3.65. The minimum atomic E-state index is 0.441. The lowest BCUT2D eigenvalue weighted by Crippen LogP contribution is -2.11. The topological polar surface area (TPSA) is 77.5 Å². The molecular weight excluding hydrogens is 316 g/mol. The highest BCUT2D eigenvalue weighted by atomic mass is 15.4. The van der Waals surface area contributed by atoms with Crippen LogP contribution in [0.2, 0.25) is 0 Å². The Bertz CT molecular complexity index is 921. The minimum Gasteiger partial charge on any atom is -0.378 e. The molecule has 8 nitrogen and oxygen atoms in total. The van der Waals surface area contributed by atoms with Crippen LogP contribution < -0.4 is 4.90 Å². The molecule has 0 amide bonds. The first-order valence-corrected chi connectivity index (χ1v) is 7.74. The Morgan fingerprint density at radius 2 is 1.44 bits per heavy atom. The van der Waals surface area contributed by atoms with E-state index >= 15 is 0 Å². The summed E-state index contributed by atoms with van der Waals surface area (Å²) in [5.41, 5.74) is 1.97. The van der Waals surface area contributed by atoms with Crippen molar-refractivity contribution in [2.75, 3.05) is 19.0 Å². The Hall–Kier alpha value is -3.55. The van der Waals surface area contributed by atoms with E-state index in [0.29, 0.717) is 17.7 Å². The van der Waals surface area contributed by atoms with Crippen LogP contribution in [0.3, 0.4) is 0 Å². The van der Waals surface area contributed by atoms with Gasteiger partial charge in [-0.15, -0.1) is 0 Å². The molecule has 1 aromatic carbocycles. The molecule has 0 saturated heterocycles. The summed E-state index contributed by atoms with van der Waals surface area (Å²) in [5.74, 6) is 1.45. The molecule has 3 aromatic heterocycles. The van der Waals surface area contributed by atoms with E-state index in [1.807, 2.05) is 55.4 Å². The van der Waals surface area contributed by atoms with Crippen molar-refractivity contribution < 1.29 is 0 Å². The van der Waals surface area contributed by atoms with Crippen LogP contribution in [0.15, 0.2) is 61.2 Å². The summed E-state index contributed by atoms with van der Waals surface area (Å²) < 4.78 is 3.21. The predicted octanol–water partition coefficient (Wildman–Crippen LogP) is 1.98. The van der Waals surface area contributed by atoms with Gasteiger partial charge in [-0.3, -0.25) is 0 Å². The summed E-state index contributed by atoms with van der Waals surface area (Å²) in [6, 6.07) is 11.7. The molecule has 0 aliphatic heterocycles. The minimum absolute atomic E-state index is 0.441. The molecule has 124 valence electrons. The smallest absolute Gasteiger partial charge is 0.255 e. The van der Waals surface area contributed by atoms with Gasteiger partial charge >= 0.3 is 0 Å². The summed E-state index contributed by atoms with van der Waals surface area (Å²) in [5, 5.41) is 8.43. The van der Waals surface area contributed by atoms with Gasteiger partial charge in [0, 0.05) is 50.1 Å². The summed E-state index contributed by atoms with van der Waals surface area (Å²) in [7, 11) is 3.99. The first-order chi connectivity index (χ1) is 12.2. The molecule has 0 unspecified atom stereocenters. The van der Waals surface area contributed by atoms with Crippen LogP contribution in [0.5, 0.6) is 0 Å². The van der Waals surface area contributed by atoms with Gasteiger partial charge in [0.1, 0.15) is 0 Å². The highest BCUT2D eigenvalue weighted by Gasteiger charge is 2.12. The zero-order valence-corrected chi connectivity index (χ0v) is 13.9. The maximum Gasteiger partial charge on any atom is 0.255 e. The van der Waals surface area contributed by atoms with Crippen molar-refractivity contribution in [3.8, 4) is 23.3 Å². The van der Waals surface area contributed by atoms with E-state index in [9.17, 15) is 0 Å². The molecule has 25 heavy (non-hydrogen) atoms. The zero-order chi connectivity index (χ0) is 17.2. The van der Waals surface area contributed by atoms with E-state index < -0.39 is 0 Å². The quantitative estimate of drug-likeness (QED) is 0.569. The first-order valence-electron chi connectivity index (χ1n) is 7.74. The number of anilines is 1. The summed E-state index contributed by atoms with van der Waals surface area (Å²) >= 11 is 0. The molecule has 0 radical (unpaired) electrons. The fourth-order valence-corrected chi connectivity index (χ4v) is 2.39. The van der Waals surface area contributed by atoms with E-state index in [1.54, 1.807) is 34.2 Å². The van der Waals surface area contributed by atoms with Gasteiger partial charge in [-0.2, -0.15) is 25.1 Å². The SMILES string of the molecule is CN(C)c1cccc(-c2nc(-n3cccn3)nc(-n3cccn3)n2)c1. The van der Waals surface area contributed by atoms with Crippen LogP contribution in [0, 0.1) is 0 Å². The van der Waals surface area contributed by atoms with Crippen LogP contribution in [-0.4, -0.2) is 48.6 Å². The molecule has 4 aromatic rings.